The van der Waals surface area contributed by atoms with Crippen molar-refractivity contribution in [2.45, 2.75) is 58.3 Å². The van der Waals surface area contributed by atoms with Gasteiger partial charge in [-0.05, 0) is 97.8 Å². The summed E-state index contributed by atoms with van der Waals surface area (Å²) in [4.78, 5) is 36.1. The molecule has 1 saturated heterocycles. The predicted molar refractivity (Wildman–Crippen MR) is 210 cm³/mol. The summed E-state index contributed by atoms with van der Waals surface area (Å²) in [5.74, 6) is 0.339. The van der Waals surface area contributed by atoms with E-state index < -0.39 is 5.82 Å². The van der Waals surface area contributed by atoms with Crippen LogP contribution in [-0.4, -0.2) is 77.0 Å². The molecular formula is C45H45FN4O6. The highest BCUT2D eigenvalue weighted by Gasteiger charge is 2.36. The fourth-order valence-electron chi connectivity index (χ4n) is 8.72. The number of morpholine rings is 1. The van der Waals surface area contributed by atoms with Crippen LogP contribution in [0.25, 0.3) is 11.3 Å². The Morgan fingerprint density at radius 3 is 2.43 bits per heavy atom. The van der Waals surface area contributed by atoms with Gasteiger partial charge >= 0.3 is 0 Å². The Morgan fingerprint density at radius 2 is 1.64 bits per heavy atom. The van der Waals surface area contributed by atoms with Crippen LogP contribution in [0.2, 0.25) is 0 Å². The van der Waals surface area contributed by atoms with Gasteiger partial charge in [0, 0.05) is 67.0 Å². The molecule has 5 heterocycles. The van der Waals surface area contributed by atoms with Crippen molar-refractivity contribution in [3.8, 4) is 28.5 Å². The fraction of sp³-hybridized carbons (Fsp3) is 0.333. The zero-order chi connectivity index (χ0) is 38.3. The van der Waals surface area contributed by atoms with Crippen LogP contribution in [-0.2, 0) is 37.2 Å². The van der Waals surface area contributed by atoms with E-state index in [2.05, 4.69) is 27.7 Å². The van der Waals surface area contributed by atoms with Crippen LogP contribution in [0.3, 0.4) is 0 Å². The second kappa shape index (κ2) is 15.1. The zero-order valence-electron chi connectivity index (χ0n) is 31.5. The first-order chi connectivity index (χ1) is 27.3. The molecule has 4 aromatic carbocycles. The number of fused-ring (bicyclic) bond motifs is 3. The van der Waals surface area contributed by atoms with Crippen LogP contribution in [0.15, 0.2) is 84.9 Å². The SMILES string of the molecule is Cc1cccc(F)c1CN(C(=O)c1cc(-c2cc3c(cc2C(=O)N2Cc4ccccc4C[C@H]2CN2CCOCC2)OCO3)n2c1CCCC2)c1ccc(O)cc1. The normalized spacial score (nSPS) is 17.7. The molecule has 56 heavy (non-hydrogen) atoms. The molecule has 4 aliphatic rings. The monoisotopic (exact) mass is 756 g/mol. The largest absolute Gasteiger partial charge is 0.508 e. The summed E-state index contributed by atoms with van der Waals surface area (Å²) in [6.45, 7) is 6.75. The van der Waals surface area contributed by atoms with Crippen LogP contribution in [0, 0.1) is 12.7 Å². The van der Waals surface area contributed by atoms with E-state index in [1.807, 2.05) is 36.1 Å². The molecule has 1 fully saturated rings. The molecule has 10 nitrogen and oxygen atoms in total. The first kappa shape index (κ1) is 36.0. The number of phenolic OH excluding ortho intramolecular Hbond substituents is 1. The number of phenols is 1. The third kappa shape index (κ3) is 6.79. The lowest BCUT2D eigenvalue weighted by atomic mass is 9.92. The number of halogens is 1. The summed E-state index contributed by atoms with van der Waals surface area (Å²) >= 11 is 0. The molecule has 9 rings (SSSR count). The van der Waals surface area contributed by atoms with Gasteiger partial charge in [0.15, 0.2) is 11.5 Å². The lowest BCUT2D eigenvalue weighted by Crippen LogP contribution is -2.52. The summed E-state index contributed by atoms with van der Waals surface area (Å²) in [7, 11) is 0. The topological polar surface area (TPSA) is 96.7 Å². The number of anilines is 1. The maximum atomic E-state index is 15.3. The lowest BCUT2D eigenvalue weighted by molar-refractivity contribution is 0.0193. The van der Waals surface area contributed by atoms with Crippen molar-refractivity contribution in [3.05, 3.63) is 130 Å². The molecule has 0 bridgehead atoms. The highest BCUT2D eigenvalue weighted by atomic mass is 19.1. The van der Waals surface area contributed by atoms with Gasteiger partial charge in [0.2, 0.25) is 6.79 Å². The van der Waals surface area contributed by atoms with Gasteiger partial charge in [0.05, 0.1) is 30.9 Å². The molecule has 0 radical (unpaired) electrons. The first-order valence-corrected chi connectivity index (χ1v) is 19.5. The van der Waals surface area contributed by atoms with Gasteiger partial charge in [-0.25, -0.2) is 4.39 Å². The summed E-state index contributed by atoms with van der Waals surface area (Å²) in [6, 6.07) is 25.2. The van der Waals surface area contributed by atoms with Crippen LogP contribution >= 0.6 is 0 Å². The second-order valence-electron chi connectivity index (χ2n) is 15.2. The molecule has 0 saturated carbocycles. The number of aromatic nitrogens is 1. The Hall–Kier alpha value is -5.65. The Balaban J connectivity index is 1.14. The molecule has 288 valence electrons. The molecule has 11 heteroatoms. The molecule has 0 aliphatic carbocycles. The molecule has 4 aliphatic heterocycles. The zero-order valence-corrected chi connectivity index (χ0v) is 31.5. The van der Waals surface area contributed by atoms with Crippen LogP contribution in [0.1, 0.15) is 61.5 Å². The molecular weight excluding hydrogens is 712 g/mol. The van der Waals surface area contributed by atoms with Crippen molar-refractivity contribution < 1.29 is 33.3 Å². The van der Waals surface area contributed by atoms with Crippen molar-refractivity contribution >= 4 is 17.5 Å². The third-order valence-electron chi connectivity index (χ3n) is 11.8. The number of hydrogen-bond acceptors (Lipinski definition) is 7. The van der Waals surface area contributed by atoms with Crippen LogP contribution < -0.4 is 14.4 Å². The van der Waals surface area contributed by atoms with E-state index in [4.69, 9.17) is 14.2 Å². The van der Waals surface area contributed by atoms with Crippen molar-refractivity contribution in [1.82, 2.24) is 14.4 Å². The maximum absolute atomic E-state index is 15.3. The third-order valence-corrected chi connectivity index (χ3v) is 11.8. The van der Waals surface area contributed by atoms with Gasteiger partial charge < -0.3 is 33.7 Å². The number of aromatic hydroxyl groups is 1. The standard InChI is InChI=1S/C45H45FN4O6/c1-29-7-6-10-39(46)38(29)27-50(32-12-14-34(51)15-13-32)45(53)37-22-41(48-16-5-4-11-40(37)48)35-23-42-43(56-28-55-42)24-36(35)44(52)49-25-31-9-3-2-8-30(31)21-33(49)26-47-17-19-54-20-18-47/h2-3,6-10,12-15,22-24,33,51H,4-5,11,16-21,25-28H2,1H3/t33-/m0/s1. The number of ether oxygens (including phenoxy) is 3. The van der Waals surface area contributed by atoms with Crippen LogP contribution in [0.5, 0.6) is 17.2 Å². The second-order valence-corrected chi connectivity index (χ2v) is 15.2. The summed E-state index contributed by atoms with van der Waals surface area (Å²) in [6.07, 6.45) is 3.23. The quantitative estimate of drug-likeness (QED) is 0.180. The number of hydrogen-bond donors (Lipinski definition) is 1. The Labute approximate surface area is 325 Å². The molecule has 0 spiro atoms. The van der Waals surface area contributed by atoms with Crippen molar-refractivity contribution in [2.24, 2.45) is 0 Å². The van der Waals surface area contributed by atoms with E-state index >= 15 is 9.18 Å². The van der Waals surface area contributed by atoms with Crippen LogP contribution in [0.4, 0.5) is 10.1 Å². The average Bonchev–Trinajstić information content (AvgIpc) is 3.85. The lowest BCUT2D eigenvalue weighted by Gasteiger charge is -2.40. The van der Waals surface area contributed by atoms with Crippen molar-refractivity contribution in [1.29, 1.82) is 0 Å². The Kier molecular flexibility index (Phi) is 9.72. The first-order valence-electron chi connectivity index (χ1n) is 19.5. The molecule has 2 amide bonds. The summed E-state index contributed by atoms with van der Waals surface area (Å²) < 4.78 is 34.9. The van der Waals surface area contributed by atoms with E-state index in [1.165, 1.54) is 23.8 Å². The van der Waals surface area contributed by atoms with E-state index in [9.17, 15) is 9.90 Å². The molecule has 1 N–H and O–H groups in total. The summed E-state index contributed by atoms with van der Waals surface area (Å²) in [5.41, 5.74) is 7.35. The maximum Gasteiger partial charge on any atom is 0.260 e. The highest BCUT2D eigenvalue weighted by molar-refractivity contribution is 6.09. The van der Waals surface area contributed by atoms with Crippen molar-refractivity contribution in [3.63, 3.8) is 0 Å². The smallest absolute Gasteiger partial charge is 0.260 e. The van der Waals surface area contributed by atoms with Gasteiger partial charge in [-0.2, -0.15) is 0 Å². The van der Waals surface area contributed by atoms with Gasteiger partial charge in [0.1, 0.15) is 11.6 Å². The fourth-order valence-corrected chi connectivity index (χ4v) is 8.72. The molecule has 1 atom stereocenters. The number of benzene rings is 4. The number of aryl methyl sites for hydroxylation is 1. The minimum absolute atomic E-state index is 0.00318. The molecule has 1 aromatic heterocycles. The Morgan fingerprint density at radius 1 is 0.875 bits per heavy atom. The number of carbonyl (C=O) groups excluding carboxylic acids is 2. The van der Waals surface area contributed by atoms with E-state index in [0.29, 0.717) is 72.2 Å². The number of rotatable bonds is 8. The summed E-state index contributed by atoms with van der Waals surface area (Å²) in [5, 5.41) is 10.1. The molecule has 5 aromatic rings. The highest BCUT2D eigenvalue weighted by Crippen LogP contribution is 2.42. The Bertz CT molecular complexity index is 2280. The minimum Gasteiger partial charge on any atom is -0.508 e. The van der Waals surface area contributed by atoms with Crippen molar-refractivity contribution in [2.75, 3.05) is 44.5 Å². The van der Waals surface area contributed by atoms with Gasteiger partial charge in [-0.1, -0.05) is 36.4 Å². The number of carbonyl (C=O) groups is 2. The van der Waals surface area contributed by atoms with E-state index in [0.717, 1.165) is 61.4 Å². The van der Waals surface area contributed by atoms with Gasteiger partial charge in [-0.3, -0.25) is 14.5 Å². The van der Waals surface area contributed by atoms with Gasteiger partial charge in [-0.15, -0.1) is 0 Å². The van der Waals surface area contributed by atoms with E-state index in [-0.39, 0.29) is 36.9 Å². The number of amides is 2. The van der Waals surface area contributed by atoms with Gasteiger partial charge in [0.25, 0.3) is 11.8 Å². The van der Waals surface area contributed by atoms with E-state index in [1.54, 1.807) is 29.2 Å². The minimum atomic E-state index is -0.392. The number of nitrogens with zero attached hydrogens (tertiary/aromatic N) is 4. The predicted octanol–water partition coefficient (Wildman–Crippen LogP) is 7.12. The average molecular weight is 757 g/mol. The molecule has 0 unspecified atom stereocenters.